The summed E-state index contributed by atoms with van der Waals surface area (Å²) < 4.78 is 15.5. The standard InChI is InChI=1S/C10H10BrN5O2S/c1-15-6-5(16(2)14-7(6)11)4-8(15)12-10(19(3)18)13-9(4)17/h1-3H3,(H,12,13,17). The zero-order chi connectivity index (χ0) is 13.9. The Morgan fingerprint density at radius 3 is 2.63 bits per heavy atom. The van der Waals surface area contributed by atoms with E-state index >= 15 is 0 Å². The van der Waals surface area contributed by atoms with E-state index in [1.807, 2.05) is 0 Å². The van der Waals surface area contributed by atoms with E-state index in [-0.39, 0.29) is 10.7 Å². The molecule has 1 unspecified atom stereocenters. The molecule has 3 aromatic rings. The first-order chi connectivity index (χ1) is 8.91. The fourth-order valence-electron chi connectivity index (χ4n) is 2.20. The minimum absolute atomic E-state index is 0.174. The fourth-order valence-corrected chi connectivity index (χ4v) is 3.34. The molecule has 0 fully saturated rings. The van der Waals surface area contributed by atoms with Crippen molar-refractivity contribution in [1.82, 2.24) is 24.3 Å². The van der Waals surface area contributed by atoms with Crippen molar-refractivity contribution in [3.8, 4) is 0 Å². The second-order valence-electron chi connectivity index (χ2n) is 4.19. The van der Waals surface area contributed by atoms with Crippen LogP contribution < -0.4 is 5.56 Å². The molecule has 19 heavy (non-hydrogen) atoms. The van der Waals surface area contributed by atoms with Crippen LogP contribution in [-0.2, 0) is 24.9 Å². The molecule has 0 aliphatic heterocycles. The molecule has 0 aliphatic rings. The largest absolute Gasteiger partial charge is 0.325 e. The Hall–Kier alpha value is -1.48. The summed E-state index contributed by atoms with van der Waals surface area (Å²) in [5, 5.41) is 4.86. The molecule has 100 valence electrons. The van der Waals surface area contributed by atoms with Crippen LogP contribution in [0, 0.1) is 0 Å². The molecule has 0 amide bonds. The molecule has 0 radical (unpaired) electrons. The molecule has 0 bridgehead atoms. The number of fused-ring (bicyclic) bond motifs is 3. The van der Waals surface area contributed by atoms with Gasteiger partial charge < -0.3 is 4.57 Å². The number of rotatable bonds is 1. The van der Waals surface area contributed by atoms with Crippen molar-refractivity contribution in [1.29, 1.82) is 0 Å². The number of nitrogens with one attached hydrogen (secondary N) is 1. The predicted molar refractivity (Wildman–Crippen MR) is 75.6 cm³/mol. The van der Waals surface area contributed by atoms with E-state index in [0.717, 1.165) is 5.52 Å². The second kappa shape index (κ2) is 4.01. The van der Waals surface area contributed by atoms with Crippen molar-refractivity contribution >= 4 is 48.8 Å². The van der Waals surface area contributed by atoms with Crippen LogP contribution in [-0.4, -0.2) is 34.8 Å². The van der Waals surface area contributed by atoms with Crippen molar-refractivity contribution in [3.63, 3.8) is 0 Å². The van der Waals surface area contributed by atoms with Gasteiger partial charge in [-0.25, -0.2) is 4.98 Å². The van der Waals surface area contributed by atoms with E-state index in [1.54, 1.807) is 23.3 Å². The maximum Gasteiger partial charge on any atom is 0.263 e. The van der Waals surface area contributed by atoms with Gasteiger partial charge in [-0.1, -0.05) is 0 Å². The lowest BCUT2D eigenvalue weighted by Gasteiger charge is -1.99. The molecule has 3 rings (SSSR count). The summed E-state index contributed by atoms with van der Waals surface area (Å²) in [6.07, 6.45) is 1.48. The van der Waals surface area contributed by atoms with Gasteiger partial charge in [-0.3, -0.25) is 18.7 Å². The number of nitrogens with zero attached hydrogens (tertiary/aromatic N) is 4. The number of aryl methyl sites for hydroxylation is 2. The summed E-state index contributed by atoms with van der Waals surface area (Å²) in [4.78, 5) is 19.0. The molecule has 3 aromatic heterocycles. The van der Waals surface area contributed by atoms with Gasteiger partial charge in [0, 0.05) is 20.4 Å². The van der Waals surface area contributed by atoms with Crippen LogP contribution in [0.4, 0.5) is 0 Å². The topological polar surface area (TPSA) is 85.6 Å². The molecular formula is C10H10BrN5O2S. The van der Waals surface area contributed by atoms with Crippen molar-refractivity contribution < 1.29 is 4.21 Å². The first kappa shape index (κ1) is 12.5. The molecule has 9 heteroatoms. The Morgan fingerprint density at radius 2 is 2.00 bits per heavy atom. The molecule has 0 saturated carbocycles. The lowest BCUT2D eigenvalue weighted by Crippen LogP contribution is -2.13. The highest BCUT2D eigenvalue weighted by Crippen LogP contribution is 2.29. The summed E-state index contributed by atoms with van der Waals surface area (Å²) in [6, 6.07) is 0. The third-order valence-corrected chi connectivity index (χ3v) is 4.29. The van der Waals surface area contributed by atoms with Crippen molar-refractivity contribution in [2.75, 3.05) is 6.26 Å². The Kier molecular flexibility index (Phi) is 2.65. The second-order valence-corrected chi connectivity index (χ2v) is 6.24. The first-order valence-electron chi connectivity index (χ1n) is 5.36. The smallest absolute Gasteiger partial charge is 0.263 e. The first-order valence-corrected chi connectivity index (χ1v) is 7.71. The van der Waals surface area contributed by atoms with Gasteiger partial charge in [-0.05, 0) is 15.9 Å². The van der Waals surface area contributed by atoms with Crippen LogP contribution in [0.1, 0.15) is 0 Å². The predicted octanol–water partition coefficient (Wildman–Crippen LogP) is 0.648. The van der Waals surface area contributed by atoms with Gasteiger partial charge in [-0.2, -0.15) is 5.10 Å². The number of H-pyrrole nitrogens is 1. The maximum atomic E-state index is 12.2. The highest BCUT2D eigenvalue weighted by Gasteiger charge is 2.21. The molecular weight excluding hydrogens is 334 g/mol. The number of hydrogen-bond donors (Lipinski definition) is 1. The number of hydrogen-bond acceptors (Lipinski definition) is 4. The van der Waals surface area contributed by atoms with Crippen LogP contribution in [0.5, 0.6) is 0 Å². The number of aromatic nitrogens is 5. The summed E-state index contributed by atoms with van der Waals surface area (Å²) in [7, 11) is 2.22. The van der Waals surface area contributed by atoms with E-state index in [2.05, 4.69) is 31.0 Å². The highest BCUT2D eigenvalue weighted by atomic mass is 79.9. The molecule has 0 saturated heterocycles. The Morgan fingerprint density at radius 1 is 1.32 bits per heavy atom. The van der Waals surface area contributed by atoms with E-state index < -0.39 is 10.8 Å². The Labute approximate surface area is 118 Å². The van der Waals surface area contributed by atoms with E-state index in [9.17, 15) is 9.00 Å². The molecule has 0 aliphatic carbocycles. The Balaban J connectivity index is 2.63. The number of aromatic amines is 1. The minimum Gasteiger partial charge on any atom is -0.325 e. The third kappa shape index (κ3) is 1.61. The summed E-state index contributed by atoms with van der Waals surface area (Å²) in [6.45, 7) is 0. The van der Waals surface area contributed by atoms with E-state index in [0.29, 0.717) is 21.2 Å². The zero-order valence-corrected chi connectivity index (χ0v) is 12.8. The van der Waals surface area contributed by atoms with Gasteiger partial charge in [0.05, 0.1) is 10.8 Å². The molecule has 0 spiro atoms. The molecule has 1 N–H and O–H groups in total. The summed E-state index contributed by atoms with van der Waals surface area (Å²) in [5.41, 5.74) is 1.68. The van der Waals surface area contributed by atoms with Gasteiger partial charge in [-0.15, -0.1) is 0 Å². The number of halogens is 1. The lowest BCUT2D eigenvalue weighted by atomic mass is 10.3. The van der Waals surface area contributed by atoms with Gasteiger partial charge in [0.2, 0.25) is 5.16 Å². The zero-order valence-electron chi connectivity index (χ0n) is 10.4. The van der Waals surface area contributed by atoms with Crippen molar-refractivity contribution in [2.24, 2.45) is 14.1 Å². The fraction of sp³-hybridized carbons (Fsp3) is 0.300. The minimum atomic E-state index is -1.34. The van der Waals surface area contributed by atoms with Gasteiger partial charge in [0.25, 0.3) is 5.56 Å². The van der Waals surface area contributed by atoms with Gasteiger partial charge >= 0.3 is 0 Å². The highest BCUT2D eigenvalue weighted by molar-refractivity contribution is 9.10. The molecule has 0 aromatic carbocycles. The van der Waals surface area contributed by atoms with Crippen molar-refractivity contribution in [3.05, 3.63) is 15.0 Å². The van der Waals surface area contributed by atoms with Crippen LogP contribution in [0.3, 0.4) is 0 Å². The van der Waals surface area contributed by atoms with Gasteiger partial charge in [0.15, 0.2) is 10.3 Å². The lowest BCUT2D eigenvalue weighted by molar-refractivity contribution is 0.679. The quantitative estimate of drug-likeness (QED) is 0.657. The van der Waals surface area contributed by atoms with Crippen LogP contribution in [0.15, 0.2) is 14.6 Å². The molecule has 7 nitrogen and oxygen atoms in total. The molecule has 3 heterocycles. The van der Waals surface area contributed by atoms with E-state index in [1.165, 1.54) is 6.26 Å². The normalized spacial score (nSPS) is 13.5. The van der Waals surface area contributed by atoms with Crippen LogP contribution in [0.2, 0.25) is 0 Å². The maximum absolute atomic E-state index is 12.2. The van der Waals surface area contributed by atoms with Crippen LogP contribution in [0.25, 0.3) is 22.1 Å². The molecule has 1 atom stereocenters. The third-order valence-electron chi connectivity index (χ3n) is 3.02. The average Bonchev–Trinajstić information content (AvgIpc) is 2.78. The monoisotopic (exact) mass is 343 g/mol. The van der Waals surface area contributed by atoms with Crippen LogP contribution >= 0.6 is 15.9 Å². The summed E-state index contributed by atoms with van der Waals surface area (Å²) in [5.74, 6) is 0. The SMILES string of the molecule is Cn1nc(Br)c2c1c1c(=O)[nH]c(S(C)=O)nc1n2C. The Bertz CT molecular complexity index is 906. The average molecular weight is 344 g/mol. The van der Waals surface area contributed by atoms with Crippen molar-refractivity contribution in [2.45, 2.75) is 5.16 Å². The summed E-state index contributed by atoms with van der Waals surface area (Å²) >= 11 is 3.37. The van der Waals surface area contributed by atoms with E-state index in [4.69, 9.17) is 0 Å². The van der Waals surface area contributed by atoms with Gasteiger partial charge in [0.1, 0.15) is 16.4 Å².